The number of hydrogen-bond donors (Lipinski definition) is 0. The number of ether oxygens (including phenoxy) is 2. The molecule has 12 nitrogen and oxygen atoms in total. The topological polar surface area (TPSA) is 133 Å². The number of halogens is 1. The van der Waals surface area contributed by atoms with Crippen molar-refractivity contribution in [1.29, 1.82) is 0 Å². The summed E-state index contributed by atoms with van der Waals surface area (Å²) in [7, 11) is -0.821. The second-order valence-electron chi connectivity index (χ2n) is 25.8. The molecule has 15 heteroatoms. The molecular formula is C84H72B2ClN6O6+. The van der Waals surface area contributed by atoms with Crippen LogP contribution in [0.25, 0.3) is 90.5 Å². The Morgan fingerprint density at radius 2 is 0.525 bits per heavy atom. The van der Waals surface area contributed by atoms with E-state index in [1.807, 2.05) is 315 Å². The van der Waals surface area contributed by atoms with Crippen LogP contribution in [0.15, 0.2) is 297 Å². The second kappa shape index (κ2) is 29.1. The van der Waals surface area contributed by atoms with Crippen molar-refractivity contribution >= 4 is 36.8 Å². The van der Waals surface area contributed by atoms with Crippen LogP contribution in [-0.4, -0.2) is 66.5 Å². The minimum atomic E-state index is -0.605. The van der Waals surface area contributed by atoms with Gasteiger partial charge in [0, 0.05) is 57.5 Å². The fraction of sp³-hybridized carbons (Fsp3) is 0.131. The molecule has 99 heavy (non-hydrogen) atoms. The first-order chi connectivity index (χ1) is 47.9. The zero-order chi connectivity index (χ0) is 68.6. The zero-order valence-corrected chi connectivity index (χ0v) is 56.9. The fourth-order valence-corrected chi connectivity index (χ4v) is 11.2. The molecule has 3 aromatic heterocycles. The van der Waals surface area contributed by atoms with Crippen LogP contribution in [0.3, 0.4) is 0 Å². The van der Waals surface area contributed by atoms with E-state index in [0.29, 0.717) is 22.6 Å². The van der Waals surface area contributed by atoms with E-state index in [4.69, 9.17) is 59.6 Å². The van der Waals surface area contributed by atoms with Gasteiger partial charge in [-0.3, -0.25) is 0 Å². The molecule has 0 spiro atoms. The predicted octanol–water partition coefficient (Wildman–Crippen LogP) is 19.4. The summed E-state index contributed by atoms with van der Waals surface area (Å²) in [6.45, 7) is 18.3. The first-order valence-corrected chi connectivity index (χ1v) is 33.2. The third-order valence-electron chi connectivity index (χ3n) is 17.8. The molecule has 0 N–H and O–H groups in total. The zero-order valence-electron chi connectivity index (χ0n) is 56.2. The van der Waals surface area contributed by atoms with Crippen molar-refractivity contribution in [2.24, 2.45) is 0 Å². The maximum Gasteiger partial charge on any atom is 0.497 e. The average molecular weight is 1320 g/mol. The Morgan fingerprint density at radius 3 is 0.818 bits per heavy atom. The monoisotopic (exact) mass is 1320 g/mol. The quantitative estimate of drug-likeness (QED) is 0.0583. The Morgan fingerprint density at radius 1 is 0.283 bits per heavy atom. The van der Waals surface area contributed by atoms with Gasteiger partial charge in [-0.05, 0) is 137 Å². The maximum atomic E-state index is 6.27. The lowest BCUT2D eigenvalue weighted by Gasteiger charge is -2.32. The lowest BCUT2D eigenvalue weighted by molar-refractivity contribution is 0.00578. The first kappa shape index (κ1) is 66.8. The first-order valence-electron chi connectivity index (χ1n) is 32.9. The van der Waals surface area contributed by atoms with Crippen molar-refractivity contribution in [2.45, 2.75) is 70.9 Å². The van der Waals surface area contributed by atoms with E-state index in [1.165, 1.54) is 0 Å². The third-order valence-corrected chi connectivity index (χ3v) is 18.0. The third kappa shape index (κ3) is 15.9. The molecule has 1 atom stereocenters. The minimum absolute atomic E-state index is 0.359. The van der Waals surface area contributed by atoms with Gasteiger partial charge in [0.25, 0.3) is 0 Å². The van der Waals surface area contributed by atoms with Gasteiger partial charge in [0.15, 0.2) is 17.5 Å². The minimum Gasteiger partial charge on any atom is -0.457 e. The van der Waals surface area contributed by atoms with Gasteiger partial charge in [-0.25, -0.2) is 29.9 Å². The van der Waals surface area contributed by atoms with Crippen molar-refractivity contribution in [3.63, 3.8) is 0 Å². The molecule has 10 aromatic carbocycles. The molecular weight excluding hydrogens is 1250 g/mol. The second-order valence-corrected chi connectivity index (χ2v) is 26.2. The van der Waals surface area contributed by atoms with Crippen molar-refractivity contribution < 1.29 is 28.1 Å². The number of rotatable bonds is 14. The highest BCUT2D eigenvalue weighted by Gasteiger charge is 2.57. The van der Waals surface area contributed by atoms with Gasteiger partial charge in [0.05, 0.1) is 46.6 Å². The molecule has 0 amide bonds. The smallest absolute Gasteiger partial charge is 0.457 e. The van der Waals surface area contributed by atoms with Crippen LogP contribution in [-0.2, 0) is 18.6 Å². The summed E-state index contributed by atoms with van der Waals surface area (Å²) in [4.78, 5) is 28.5. The van der Waals surface area contributed by atoms with Crippen LogP contribution in [0.4, 0.5) is 0 Å². The summed E-state index contributed by atoms with van der Waals surface area (Å²) in [5, 5.41) is 0.452. The van der Waals surface area contributed by atoms with Crippen molar-refractivity contribution in [3.05, 3.63) is 309 Å². The van der Waals surface area contributed by atoms with Crippen LogP contribution < -0.4 is 20.4 Å². The molecule has 0 saturated carbocycles. The number of hydrogen-bond acceptors (Lipinski definition) is 12. The van der Waals surface area contributed by atoms with E-state index < -0.39 is 18.3 Å². The Bertz CT molecular complexity index is 4390. The van der Waals surface area contributed by atoms with Crippen LogP contribution in [0.2, 0.25) is 5.15 Å². The van der Waals surface area contributed by atoms with E-state index >= 15 is 0 Å². The van der Waals surface area contributed by atoms with Crippen molar-refractivity contribution in [2.75, 3.05) is 0 Å². The predicted molar refractivity (Wildman–Crippen MR) is 399 cm³/mol. The molecule has 0 bridgehead atoms. The van der Waals surface area contributed by atoms with Gasteiger partial charge in [0.1, 0.15) is 33.8 Å². The molecule has 2 aliphatic rings. The van der Waals surface area contributed by atoms with Gasteiger partial charge in [0.2, 0.25) is 5.60 Å². The summed E-state index contributed by atoms with van der Waals surface area (Å²) >= 11 is 6.10. The van der Waals surface area contributed by atoms with Crippen molar-refractivity contribution in [3.8, 4) is 113 Å². The SMILES string of the molecule is Clc1cc(-c2ccccc2)nc(-c2ccccc2)n1.[CH2+]C1(C)OB(c2ccc(Oc3ccc(B4OC(C)(C)C(C)(C)O4)cc3)cc2)OC1(C)C.c1ccc(-c2cc(-c3ccc(Oc4ccc(-c5cc(-c6ccccc6)nc(-c6ccccc6)n5)cc4)cc3)nc(-c3ccccc3)n2)cc1. The van der Waals surface area contributed by atoms with Gasteiger partial charge in [-0.2, -0.15) is 0 Å². The molecule has 2 saturated heterocycles. The Hall–Kier alpha value is -10.8. The molecule has 5 heterocycles. The molecule has 486 valence electrons. The van der Waals surface area contributed by atoms with E-state index in [9.17, 15) is 0 Å². The number of benzene rings is 10. The van der Waals surface area contributed by atoms with Crippen LogP contribution >= 0.6 is 11.6 Å². The number of nitrogens with zero attached hydrogens (tertiary/aromatic N) is 6. The van der Waals surface area contributed by atoms with E-state index in [2.05, 4.69) is 41.2 Å². The average Bonchev–Trinajstić information content (AvgIpc) is 1.65. The van der Waals surface area contributed by atoms with E-state index in [1.54, 1.807) is 6.07 Å². The molecule has 2 aliphatic heterocycles. The maximum absolute atomic E-state index is 6.27. The van der Waals surface area contributed by atoms with Crippen LogP contribution in [0, 0.1) is 6.92 Å². The number of aromatic nitrogens is 6. The molecule has 13 aromatic rings. The molecule has 0 radical (unpaired) electrons. The molecule has 1 unspecified atom stereocenters. The summed E-state index contributed by atoms with van der Waals surface area (Å²) in [5.41, 5.74) is 12.4. The Balaban J connectivity index is 0.000000149. The van der Waals surface area contributed by atoms with Gasteiger partial charge < -0.3 is 28.1 Å². The Kier molecular flexibility index (Phi) is 19.6. The summed E-state index contributed by atoms with van der Waals surface area (Å²) in [6.07, 6.45) is 0. The van der Waals surface area contributed by atoms with Crippen LogP contribution in [0.1, 0.15) is 48.5 Å². The highest BCUT2D eigenvalue weighted by atomic mass is 35.5. The van der Waals surface area contributed by atoms with Crippen LogP contribution in [0.5, 0.6) is 23.0 Å². The molecule has 15 rings (SSSR count). The van der Waals surface area contributed by atoms with Gasteiger partial charge in [-0.15, -0.1) is 0 Å². The van der Waals surface area contributed by atoms with Gasteiger partial charge >= 0.3 is 14.2 Å². The lowest BCUT2D eigenvalue weighted by atomic mass is 9.79. The highest BCUT2D eigenvalue weighted by molar-refractivity contribution is 6.62. The van der Waals surface area contributed by atoms with Crippen molar-refractivity contribution in [1.82, 2.24) is 29.9 Å². The summed E-state index contributed by atoms with van der Waals surface area (Å²) in [6, 6.07) is 97.7. The summed E-state index contributed by atoms with van der Waals surface area (Å²) in [5.74, 6) is 4.97. The fourth-order valence-electron chi connectivity index (χ4n) is 11.0. The normalized spacial score (nSPS) is 15.6. The van der Waals surface area contributed by atoms with E-state index in [-0.39, 0.29) is 18.3 Å². The lowest BCUT2D eigenvalue weighted by Crippen LogP contribution is -2.42. The largest absolute Gasteiger partial charge is 0.497 e. The molecule has 0 aliphatic carbocycles. The van der Waals surface area contributed by atoms with E-state index in [0.717, 1.165) is 107 Å². The highest BCUT2D eigenvalue weighted by Crippen LogP contribution is 2.39. The van der Waals surface area contributed by atoms with Gasteiger partial charge in [-0.1, -0.05) is 218 Å². The Labute approximate surface area is 585 Å². The summed E-state index contributed by atoms with van der Waals surface area (Å²) < 4.78 is 36.5. The standard InChI is InChI=1S/C44H30N4O.C24H31B2O5.C16H11ClN2/c1-5-13-31(14-6-1)39-29-41(47-43(45-39)35-17-9-3-10-18-35)33-21-25-37(26-22-33)49-38-27-23-34(24-28-38)42-30-40(32-15-7-2-8-16-32)46-44(48-42)36-19-11-4-12-20-36;1-21(2)22(3,4)29-25(28-21)17-9-13-19(14-10-17)27-20-15-11-18(12-16-20)26-30-23(5,6)24(7,8)31-26;17-15-11-14(12-7-3-1-4-8-12)18-16(19-15)13-9-5-2-6-10-13/h1-30H;9-16H,1H2,2-8H3;1-11H/q;+1;. The molecule has 2 fully saturated rings.